The fraction of sp³-hybridized carbons (Fsp3) is 0.476. The minimum Gasteiger partial charge on any atom is -0.372 e. The Kier molecular flexibility index (Phi) is 6.63. The molecule has 0 unspecified atom stereocenters. The average Bonchev–Trinajstić information content (AvgIpc) is 2.70. The molecule has 2 heterocycles. The van der Waals surface area contributed by atoms with Gasteiger partial charge in [-0.3, -0.25) is 4.79 Å². The Morgan fingerprint density at radius 1 is 1.19 bits per heavy atom. The molecule has 144 valence electrons. The van der Waals surface area contributed by atoms with Crippen molar-refractivity contribution >= 4 is 23.2 Å². The van der Waals surface area contributed by atoms with Crippen molar-refractivity contribution in [2.75, 3.05) is 35.2 Å². The van der Waals surface area contributed by atoms with Crippen LogP contribution in [0.4, 0.5) is 17.3 Å². The van der Waals surface area contributed by atoms with E-state index in [2.05, 4.69) is 51.5 Å². The van der Waals surface area contributed by atoms with Gasteiger partial charge in [0, 0.05) is 37.2 Å². The molecule has 6 nitrogen and oxygen atoms in total. The molecule has 6 heteroatoms. The second-order valence-electron chi connectivity index (χ2n) is 7.22. The molecule has 1 aromatic carbocycles. The molecular formula is C21H29N5O. The lowest BCUT2D eigenvalue weighted by molar-refractivity contribution is 0.102. The van der Waals surface area contributed by atoms with Crippen LogP contribution < -0.4 is 15.5 Å². The van der Waals surface area contributed by atoms with Gasteiger partial charge < -0.3 is 15.5 Å². The van der Waals surface area contributed by atoms with E-state index < -0.39 is 0 Å². The van der Waals surface area contributed by atoms with E-state index in [9.17, 15) is 4.79 Å². The van der Waals surface area contributed by atoms with E-state index in [1.165, 1.54) is 18.5 Å². The molecule has 0 bridgehead atoms. The van der Waals surface area contributed by atoms with Crippen molar-refractivity contribution < 1.29 is 4.79 Å². The molecule has 27 heavy (non-hydrogen) atoms. The molecule has 1 fully saturated rings. The largest absolute Gasteiger partial charge is 0.372 e. The summed E-state index contributed by atoms with van der Waals surface area (Å²) >= 11 is 0. The molecule has 0 radical (unpaired) electrons. The van der Waals surface area contributed by atoms with E-state index in [0.29, 0.717) is 11.6 Å². The zero-order chi connectivity index (χ0) is 19.1. The van der Waals surface area contributed by atoms with Crippen LogP contribution in [0.2, 0.25) is 0 Å². The van der Waals surface area contributed by atoms with Gasteiger partial charge >= 0.3 is 0 Å². The van der Waals surface area contributed by atoms with Crippen molar-refractivity contribution in [2.45, 2.75) is 39.5 Å². The van der Waals surface area contributed by atoms with Gasteiger partial charge in [-0.25, -0.2) is 9.97 Å². The summed E-state index contributed by atoms with van der Waals surface area (Å²) in [5.74, 6) is 1.08. The van der Waals surface area contributed by atoms with Crippen LogP contribution in [0.5, 0.6) is 0 Å². The minimum atomic E-state index is -0.226. The topological polar surface area (TPSA) is 70.2 Å². The van der Waals surface area contributed by atoms with Crippen molar-refractivity contribution in [1.82, 2.24) is 9.97 Å². The van der Waals surface area contributed by atoms with Crippen molar-refractivity contribution in [3.8, 4) is 0 Å². The third-order valence-corrected chi connectivity index (χ3v) is 4.98. The lowest BCUT2D eigenvalue weighted by atomic mass is 9.99. The molecule has 1 saturated heterocycles. The number of hydrogen-bond acceptors (Lipinski definition) is 5. The quantitative estimate of drug-likeness (QED) is 0.719. The fourth-order valence-corrected chi connectivity index (χ4v) is 3.16. The Bertz CT molecular complexity index is 738. The van der Waals surface area contributed by atoms with Gasteiger partial charge in [0.15, 0.2) is 0 Å². The summed E-state index contributed by atoms with van der Waals surface area (Å²) in [6, 6.07) is 9.68. The highest BCUT2D eigenvalue weighted by atomic mass is 16.1. The second kappa shape index (κ2) is 9.35. The van der Waals surface area contributed by atoms with Gasteiger partial charge in [-0.15, -0.1) is 0 Å². The van der Waals surface area contributed by atoms with E-state index in [1.807, 2.05) is 12.1 Å². The number of unbranched alkanes of at least 4 members (excludes halogenated alkanes) is 1. The molecular weight excluding hydrogens is 338 g/mol. The molecule has 0 atom stereocenters. The minimum absolute atomic E-state index is 0.226. The molecule has 3 rings (SSSR count). The van der Waals surface area contributed by atoms with Crippen LogP contribution in [0.25, 0.3) is 0 Å². The summed E-state index contributed by atoms with van der Waals surface area (Å²) in [5.41, 5.74) is 2.34. The van der Waals surface area contributed by atoms with Gasteiger partial charge in [0.05, 0.1) is 0 Å². The van der Waals surface area contributed by atoms with Crippen LogP contribution in [0, 0.1) is 5.92 Å². The van der Waals surface area contributed by atoms with Crippen molar-refractivity contribution in [3.05, 3.63) is 42.2 Å². The summed E-state index contributed by atoms with van der Waals surface area (Å²) in [7, 11) is 0. The van der Waals surface area contributed by atoms with Gasteiger partial charge in [0.2, 0.25) is 5.95 Å². The number of rotatable bonds is 7. The first-order valence-electron chi connectivity index (χ1n) is 9.89. The number of amides is 1. The van der Waals surface area contributed by atoms with Crippen molar-refractivity contribution in [2.24, 2.45) is 5.92 Å². The van der Waals surface area contributed by atoms with Crippen LogP contribution in [-0.2, 0) is 0 Å². The van der Waals surface area contributed by atoms with Crippen LogP contribution in [0.1, 0.15) is 50.0 Å². The molecule has 0 saturated carbocycles. The Labute approximate surface area is 161 Å². The summed E-state index contributed by atoms with van der Waals surface area (Å²) in [6.07, 6.45) is 6.22. The van der Waals surface area contributed by atoms with E-state index in [-0.39, 0.29) is 5.91 Å². The monoisotopic (exact) mass is 367 g/mol. The predicted octanol–water partition coefficient (Wildman–Crippen LogP) is 4.18. The number of anilines is 3. The summed E-state index contributed by atoms with van der Waals surface area (Å²) in [6.45, 7) is 7.44. The number of aromatic nitrogens is 2. The third kappa shape index (κ3) is 5.42. The number of piperidine rings is 1. The van der Waals surface area contributed by atoms with E-state index in [1.54, 1.807) is 12.3 Å². The fourth-order valence-electron chi connectivity index (χ4n) is 3.16. The Hall–Kier alpha value is -2.63. The molecule has 1 aliphatic heterocycles. The van der Waals surface area contributed by atoms with Crippen molar-refractivity contribution in [3.63, 3.8) is 0 Å². The number of benzene rings is 1. The standard InChI is InChI=1S/C21H29N5O/c1-3-4-12-22-21-23-13-9-19(25-21)20(27)24-17-5-7-18(8-6-17)26-14-10-16(2)11-15-26/h5-9,13,16H,3-4,10-12,14-15H2,1-2H3,(H,24,27)(H,22,23,25). The first kappa shape index (κ1) is 19.1. The van der Waals surface area contributed by atoms with Gasteiger partial charge in [0.25, 0.3) is 5.91 Å². The van der Waals surface area contributed by atoms with Crippen LogP contribution in [0.3, 0.4) is 0 Å². The number of carbonyl (C=O) groups excluding carboxylic acids is 1. The highest BCUT2D eigenvalue weighted by Gasteiger charge is 2.16. The molecule has 2 N–H and O–H groups in total. The Balaban J connectivity index is 1.58. The summed E-state index contributed by atoms with van der Waals surface area (Å²) in [5, 5.41) is 6.06. The third-order valence-electron chi connectivity index (χ3n) is 4.98. The SMILES string of the molecule is CCCCNc1nccc(C(=O)Nc2ccc(N3CCC(C)CC3)cc2)n1. The Morgan fingerprint density at radius 3 is 2.63 bits per heavy atom. The second-order valence-corrected chi connectivity index (χ2v) is 7.22. The highest BCUT2D eigenvalue weighted by molar-refractivity contribution is 6.03. The number of nitrogens with zero attached hydrogens (tertiary/aromatic N) is 3. The number of carbonyl (C=O) groups is 1. The molecule has 0 spiro atoms. The molecule has 1 amide bonds. The molecule has 2 aromatic rings. The van der Waals surface area contributed by atoms with Gasteiger partial charge in [-0.05, 0) is 55.5 Å². The van der Waals surface area contributed by atoms with E-state index >= 15 is 0 Å². The van der Waals surface area contributed by atoms with Gasteiger partial charge in [-0.2, -0.15) is 0 Å². The van der Waals surface area contributed by atoms with E-state index in [4.69, 9.17) is 0 Å². The predicted molar refractivity (Wildman–Crippen MR) is 110 cm³/mol. The summed E-state index contributed by atoms with van der Waals surface area (Å²) < 4.78 is 0. The molecule has 0 aliphatic carbocycles. The maximum absolute atomic E-state index is 12.5. The van der Waals surface area contributed by atoms with Gasteiger partial charge in [-0.1, -0.05) is 20.3 Å². The van der Waals surface area contributed by atoms with Crippen LogP contribution in [-0.4, -0.2) is 35.5 Å². The maximum atomic E-state index is 12.5. The molecule has 1 aliphatic rings. The smallest absolute Gasteiger partial charge is 0.274 e. The molecule has 1 aromatic heterocycles. The maximum Gasteiger partial charge on any atom is 0.274 e. The number of nitrogens with one attached hydrogen (secondary N) is 2. The summed E-state index contributed by atoms with van der Waals surface area (Å²) in [4.78, 5) is 23.3. The number of hydrogen-bond donors (Lipinski definition) is 2. The zero-order valence-corrected chi connectivity index (χ0v) is 16.2. The first-order valence-corrected chi connectivity index (χ1v) is 9.89. The van der Waals surface area contributed by atoms with E-state index in [0.717, 1.165) is 44.1 Å². The normalized spacial score (nSPS) is 14.8. The van der Waals surface area contributed by atoms with Gasteiger partial charge in [0.1, 0.15) is 5.69 Å². The zero-order valence-electron chi connectivity index (χ0n) is 16.2. The lowest BCUT2D eigenvalue weighted by Crippen LogP contribution is -2.32. The lowest BCUT2D eigenvalue weighted by Gasteiger charge is -2.32. The average molecular weight is 367 g/mol. The first-order chi connectivity index (χ1) is 13.2. The van der Waals surface area contributed by atoms with Crippen molar-refractivity contribution in [1.29, 1.82) is 0 Å². The Morgan fingerprint density at radius 2 is 1.93 bits per heavy atom. The van der Waals surface area contributed by atoms with Crippen LogP contribution in [0.15, 0.2) is 36.5 Å². The van der Waals surface area contributed by atoms with Crippen LogP contribution >= 0.6 is 0 Å². The highest BCUT2D eigenvalue weighted by Crippen LogP contribution is 2.24.